The summed E-state index contributed by atoms with van der Waals surface area (Å²) in [6.45, 7) is 3.13. The van der Waals surface area contributed by atoms with Crippen molar-refractivity contribution in [3.05, 3.63) is 12.2 Å². The highest BCUT2D eigenvalue weighted by molar-refractivity contribution is 5.64. The maximum atomic E-state index is 4.23. The number of dihydropyridines is 1. The van der Waals surface area contributed by atoms with Crippen LogP contribution in [-0.2, 0) is 0 Å². The van der Waals surface area contributed by atoms with Gasteiger partial charge in [0.25, 0.3) is 0 Å². The van der Waals surface area contributed by atoms with Crippen molar-refractivity contribution in [2.24, 2.45) is 10.9 Å². The molecule has 1 heterocycles. The minimum atomic E-state index is 0.635. The molecule has 1 rings (SSSR count). The fraction of sp³-hybridized carbons (Fsp3) is 0.700. The summed E-state index contributed by atoms with van der Waals surface area (Å²) < 4.78 is 0. The number of aliphatic imine (C=N–C) groups is 1. The zero-order chi connectivity index (χ0) is 7.94. The zero-order valence-corrected chi connectivity index (χ0v) is 7.29. The molecule has 0 aromatic heterocycles. The lowest BCUT2D eigenvalue weighted by Gasteiger charge is -2.08. The highest BCUT2D eigenvalue weighted by Crippen LogP contribution is 2.11. The lowest BCUT2D eigenvalue weighted by Crippen LogP contribution is -2.02. The third-order valence-corrected chi connectivity index (χ3v) is 2.03. The summed E-state index contributed by atoms with van der Waals surface area (Å²) in [6, 6.07) is 0. The minimum Gasteiger partial charge on any atom is -0.293 e. The molecule has 0 saturated carbocycles. The maximum absolute atomic E-state index is 4.23. The third kappa shape index (κ3) is 3.35. The Morgan fingerprint density at radius 3 is 3.00 bits per heavy atom. The Hall–Kier alpha value is -0.590. The summed E-state index contributed by atoms with van der Waals surface area (Å²) in [5.74, 6) is 0.635. The fourth-order valence-electron chi connectivity index (χ4n) is 1.34. The molecule has 1 nitrogen and oxygen atoms in total. The first-order valence-electron chi connectivity index (χ1n) is 4.60. The summed E-state index contributed by atoms with van der Waals surface area (Å²) >= 11 is 0. The molecular formula is C10H17N. The molecule has 1 atom stereocenters. The lowest BCUT2D eigenvalue weighted by atomic mass is 10.0. The Morgan fingerprint density at radius 2 is 2.36 bits per heavy atom. The van der Waals surface area contributed by atoms with Gasteiger partial charge < -0.3 is 0 Å². The van der Waals surface area contributed by atoms with Gasteiger partial charge in [-0.3, -0.25) is 4.99 Å². The van der Waals surface area contributed by atoms with Crippen molar-refractivity contribution < 1.29 is 0 Å². The van der Waals surface area contributed by atoms with E-state index in [1.807, 2.05) is 0 Å². The van der Waals surface area contributed by atoms with Crippen molar-refractivity contribution in [3.8, 4) is 0 Å². The van der Waals surface area contributed by atoms with Gasteiger partial charge in [0.15, 0.2) is 0 Å². The Morgan fingerprint density at radius 1 is 1.45 bits per heavy atom. The van der Waals surface area contributed by atoms with E-state index in [9.17, 15) is 0 Å². The molecule has 0 aromatic rings. The Labute approximate surface area is 69.2 Å². The first-order chi connectivity index (χ1) is 5.43. The molecule has 0 saturated heterocycles. The van der Waals surface area contributed by atoms with E-state index in [0.29, 0.717) is 5.92 Å². The maximum Gasteiger partial charge on any atom is 0.0566 e. The van der Waals surface area contributed by atoms with Crippen molar-refractivity contribution in [2.75, 3.05) is 6.54 Å². The van der Waals surface area contributed by atoms with E-state index in [2.05, 4.69) is 30.3 Å². The Kier molecular flexibility index (Phi) is 3.95. The number of nitrogens with zero attached hydrogens (tertiary/aromatic N) is 1. The molecule has 0 spiro atoms. The third-order valence-electron chi connectivity index (χ3n) is 2.03. The first-order valence-corrected chi connectivity index (χ1v) is 4.60. The van der Waals surface area contributed by atoms with Crippen LogP contribution in [-0.4, -0.2) is 12.8 Å². The SMILES string of the molecule is CCCCCC1C=CCN=C1. The minimum absolute atomic E-state index is 0.635. The molecular weight excluding hydrogens is 134 g/mol. The second kappa shape index (κ2) is 5.11. The van der Waals surface area contributed by atoms with Gasteiger partial charge in [0, 0.05) is 12.1 Å². The molecule has 1 aliphatic heterocycles. The highest BCUT2D eigenvalue weighted by atomic mass is 14.7. The van der Waals surface area contributed by atoms with Gasteiger partial charge in [0.1, 0.15) is 0 Å². The van der Waals surface area contributed by atoms with Gasteiger partial charge in [-0.25, -0.2) is 0 Å². The number of unbranched alkanes of at least 4 members (excludes halogenated alkanes) is 2. The van der Waals surface area contributed by atoms with Gasteiger partial charge in [-0.2, -0.15) is 0 Å². The predicted molar refractivity (Wildman–Crippen MR) is 50.1 cm³/mol. The average molecular weight is 151 g/mol. The van der Waals surface area contributed by atoms with Gasteiger partial charge in [0.05, 0.1) is 6.54 Å². The molecule has 1 heteroatoms. The normalized spacial score (nSPS) is 22.5. The second-order valence-corrected chi connectivity index (χ2v) is 3.10. The Balaban J connectivity index is 2.10. The van der Waals surface area contributed by atoms with Crippen LogP contribution < -0.4 is 0 Å². The van der Waals surface area contributed by atoms with Crippen molar-refractivity contribution in [2.45, 2.75) is 32.6 Å². The molecule has 0 aliphatic carbocycles. The zero-order valence-electron chi connectivity index (χ0n) is 7.29. The smallest absolute Gasteiger partial charge is 0.0566 e. The van der Waals surface area contributed by atoms with E-state index in [4.69, 9.17) is 0 Å². The molecule has 11 heavy (non-hydrogen) atoms. The van der Waals surface area contributed by atoms with Gasteiger partial charge >= 0.3 is 0 Å². The molecule has 0 radical (unpaired) electrons. The topological polar surface area (TPSA) is 12.4 Å². The number of rotatable bonds is 4. The number of allylic oxidation sites excluding steroid dienone is 1. The van der Waals surface area contributed by atoms with Gasteiger partial charge in [-0.15, -0.1) is 0 Å². The van der Waals surface area contributed by atoms with Crippen LogP contribution >= 0.6 is 0 Å². The molecule has 0 N–H and O–H groups in total. The predicted octanol–water partition coefficient (Wildman–Crippen LogP) is 2.82. The van der Waals surface area contributed by atoms with Crippen LogP contribution in [0.1, 0.15) is 32.6 Å². The summed E-state index contributed by atoms with van der Waals surface area (Å²) in [7, 11) is 0. The van der Waals surface area contributed by atoms with Crippen LogP contribution in [0.5, 0.6) is 0 Å². The molecule has 0 bridgehead atoms. The Bertz CT molecular complexity index is 135. The van der Waals surface area contributed by atoms with E-state index in [-0.39, 0.29) is 0 Å². The average Bonchev–Trinajstić information content (AvgIpc) is 2.07. The molecule has 62 valence electrons. The van der Waals surface area contributed by atoms with E-state index in [1.165, 1.54) is 25.7 Å². The van der Waals surface area contributed by atoms with Crippen LogP contribution in [0.15, 0.2) is 17.1 Å². The standard InChI is InChI=1S/C10H17N/c1-2-3-4-6-10-7-5-8-11-9-10/h5,7,9-10H,2-4,6,8H2,1H3. The van der Waals surface area contributed by atoms with Gasteiger partial charge in [0.2, 0.25) is 0 Å². The van der Waals surface area contributed by atoms with Crippen molar-refractivity contribution >= 4 is 6.21 Å². The molecule has 1 unspecified atom stereocenters. The van der Waals surface area contributed by atoms with E-state index in [1.54, 1.807) is 0 Å². The fourth-order valence-corrected chi connectivity index (χ4v) is 1.34. The van der Waals surface area contributed by atoms with Crippen LogP contribution in [0, 0.1) is 5.92 Å². The number of hydrogen-bond donors (Lipinski definition) is 0. The quantitative estimate of drug-likeness (QED) is 0.433. The van der Waals surface area contributed by atoms with Crippen LogP contribution in [0.4, 0.5) is 0 Å². The molecule has 0 amide bonds. The summed E-state index contributed by atoms with van der Waals surface area (Å²) in [6.07, 6.45) is 11.8. The van der Waals surface area contributed by atoms with Crippen molar-refractivity contribution in [3.63, 3.8) is 0 Å². The second-order valence-electron chi connectivity index (χ2n) is 3.10. The van der Waals surface area contributed by atoms with Crippen LogP contribution in [0.25, 0.3) is 0 Å². The van der Waals surface area contributed by atoms with Crippen molar-refractivity contribution in [1.82, 2.24) is 0 Å². The monoisotopic (exact) mass is 151 g/mol. The van der Waals surface area contributed by atoms with Gasteiger partial charge in [-0.1, -0.05) is 38.3 Å². The van der Waals surface area contributed by atoms with E-state index < -0.39 is 0 Å². The largest absolute Gasteiger partial charge is 0.293 e. The van der Waals surface area contributed by atoms with Crippen LogP contribution in [0.2, 0.25) is 0 Å². The summed E-state index contributed by atoms with van der Waals surface area (Å²) in [5, 5.41) is 0. The van der Waals surface area contributed by atoms with E-state index in [0.717, 1.165) is 6.54 Å². The van der Waals surface area contributed by atoms with E-state index >= 15 is 0 Å². The molecule has 1 aliphatic rings. The first kappa shape index (κ1) is 8.51. The highest BCUT2D eigenvalue weighted by Gasteiger charge is 2.02. The summed E-state index contributed by atoms with van der Waals surface area (Å²) in [4.78, 5) is 4.23. The van der Waals surface area contributed by atoms with Crippen molar-refractivity contribution in [1.29, 1.82) is 0 Å². The molecule has 0 fully saturated rings. The number of hydrogen-bond acceptors (Lipinski definition) is 1. The summed E-state index contributed by atoms with van der Waals surface area (Å²) in [5.41, 5.74) is 0. The lowest BCUT2D eigenvalue weighted by molar-refractivity contribution is 0.630. The van der Waals surface area contributed by atoms with Crippen LogP contribution in [0.3, 0.4) is 0 Å². The van der Waals surface area contributed by atoms with Gasteiger partial charge in [-0.05, 0) is 6.42 Å². The molecule has 0 aromatic carbocycles.